The predicted octanol–water partition coefficient (Wildman–Crippen LogP) is 5.43. The summed E-state index contributed by atoms with van der Waals surface area (Å²) < 4.78 is 0. The molecule has 0 unspecified atom stereocenters. The number of allylic oxidation sites excluding steroid dienone is 1. The molecule has 0 saturated carbocycles. The minimum atomic E-state index is 1.11. The summed E-state index contributed by atoms with van der Waals surface area (Å²) in [5, 5.41) is 0. The standard InChI is InChI=1S/C22H29N/c1-23(2)19-11-18-22(21-15-7-4-8-16-21)17-10-9-14-20-12-5-3-6-13-20/h3-8,12-13,15-16,18H,9-11,14,17,19H2,1-2H3. The van der Waals surface area contributed by atoms with E-state index in [1.165, 1.54) is 42.4 Å². The van der Waals surface area contributed by atoms with Crippen molar-refractivity contribution in [2.45, 2.75) is 32.1 Å². The molecule has 0 N–H and O–H groups in total. The highest BCUT2D eigenvalue weighted by Crippen LogP contribution is 2.22. The van der Waals surface area contributed by atoms with Gasteiger partial charge >= 0.3 is 0 Å². The highest BCUT2D eigenvalue weighted by molar-refractivity contribution is 5.65. The molecule has 0 aliphatic carbocycles. The first-order chi connectivity index (χ1) is 11.3. The van der Waals surface area contributed by atoms with Crippen LogP contribution in [0.4, 0.5) is 0 Å². The number of hydrogen-bond donors (Lipinski definition) is 0. The molecule has 0 spiro atoms. The van der Waals surface area contributed by atoms with E-state index in [9.17, 15) is 0 Å². The second-order valence-corrected chi connectivity index (χ2v) is 6.38. The summed E-state index contributed by atoms with van der Waals surface area (Å²) in [5.74, 6) is 0. The Kier molecular flexibility index (Phi) is 7.62. The fourth-order valence-electron chi connectivity index (χ4n) is 2.80. The lowest BCUT2D eigenvalue weighted by atomic mass is 9.97. The van der Waals surface area contributed by atoms with Gasteiger partial charge in [-0.15, -0.1) is 0 Å². The summed E-state index contributed by atoms with van der Waals surface area (Å²) in [6, 6.07) is 21.6. The van der Waals surface area contributed by atoms with Crippen molar-refractivity contribution in [1.29, 1.82) is 0 Å². The van der Waals surface area contributed by atoms with Gasteiger partial charge in [-0.1, -0.05) is 66.7 Å². The lowest BCUT2D eigenvalue weighted by Crippen LogP contribution is -2.12. The summed E-state index contributed by atoms with van der Waals surface area (Å²) >= 11 is 0. The average molecular weight is 307 g/mol. The Bertz CT molecular complexity index is 569. The Morgan fingerprint density at radius 1 is 0.870 bits per heavy atom. The van der Waals surface area contributed by atoms with Crippen LogP contribution in [0.1, 0.15) is 36.8 Å². The zero-order chi connectivity index (χ0) is 16.3. The van der Waals surface area contributed by atoms with Crippen molar-refractivity contribution < 1.29 is 0 Å². The van der Waals surface area contributed by atoms with Gasteiger partial charge in [-0.25, -0.2) is 0 Å². The molecular weight excluding hydrogens is 278 g/mol. The molecular formula is C22H29N. The first-order valence-electron chi connectivity index (χ1n) is 8.69. The number of aryl methyl sites for hydroxylation is 1. The van der Waals surface area contributed by atoms with Gasteiger partial charge in [-0.2, -0.15) is 0 Å². The van der Waals surface area contributed by atoms with Crippen molar-refractivity contribution in [2.24, 2.45) is 0 Å². The van der Waals surface area contributed by atoms with Gasteiger partial charge in [0.2, 0.25) is 0 Å². The van der Waals surface area contributed by atoms with E-state index < -0.39 is 0 Å². The number of nitrogens with zero attached hydrogens (tertiary/aromatic N) is 1. The van der Waals surface area contributed by atoms with Gasteiger partial charge in [0, 0.05) is 6.54 Å². The Morgan fingerprint density at radius 3 is 2.17 bits per heavy atom. The van der Waals surface area contributed by atoms with Crippen LogP contribution < -0.4 is 0 Å². The van der Waals surface area contributed by atoms with Crippen LogP contribution in [-0.2, 0) is 6.42 Å². The molecule has 23 heavy (non-hydrogen) atoms. The van der Waals surface area contributed by atoms with Crippen LogP contribution in [-0.4, -0.2) is 25.5 Å². The lowest BCUT2D eigenvalue weighted by molar-refractivity contribution is 0.417. The van der Waals surface area contributed by atoms with Crippen molar-refractivity contribution in [3.8, 4) is 0 Å². The van der Waals surface area contributed by atoms with Gasteiger partial charge in [-0.3, -0.25) is 0 Å². The maximum Gasteiger partial charge on any atom is 0.00100 e. The summed E-state index contributed by atoms with van der Waals surface area (Å²) in [4.78, 5) is 2.24. The van der Waals surface area contributed by atoms with Crippen LogP contribution in [0.5, 0.6) is 0 Å². The summed E-state index contributed by atoms with van der Waals surface area (Å²) in [6.45, 7) is 1.11. The third kappa shape index (κ3) is 6.83. The first-order valence-corrected chi connectivity index (χ1v) is 8.69. The van der Waals surface area contributed by atoms with Crippen LogP contribution in [0.2, 0.25) is 0 Å². The maximum atomic E-state index is 2.43. The molecule has 0 amide bonds. The minimum Gasteiger partial charge on any atom is -0.309 e. The summed E-state index contributed by atoms with van der Waals surface area (Å²) in [5.41, 5.74) is 4.33. The third-order valence-corrected chi connectivity index (χ3v) is 4.12. The van der Waals surface area contributed by atoms with E-state index in [0.29, 0.717) is 0 Å². The fraction of sp³-hybridized carbons (Fsp3) is 0.364. The van der Waals surface area contributed by atoms with Crippen LogP contribution in [0, 0.1) is 0 Å². The van der Waals surface area contributed by atoms with Crippen LogP contribution in [0.15, 0.2) is 66.7 Å². The molecule has 1 heteroatoms. The second-order valence-electron chi connectivity index (χ2n) is 6.38. The minimum absolute atomic E-state index is 1.11. The largest absolute Gasteiger partial charge is 0.309 e. The molecule has 2 aromatic carbocycles. The van der Waals surface area contributed by atoms with Crippen LogP contribution in [0.3, 0.4) is 0 Å². The zero-order valence-electron chi connectivity index (χ0n) is 14.5. The van der Waals surface area contributed by atoms with Crippen molar-refractivity contribution in [1.82, 2.24) is 4.90 Å². The average Bonchev–Trinajstić information content (AvgIpc) is 2.58. The highest BCUT2D eigenvalue weighted by Gasteiger charge is 2.02. The third-order valence-electron chi connectivity index (χ3n) is 4.12. The van der Waals surface area contributed by atoms with Crippen molar-refractivity contribution in [3.05, 3.63) is 77.9 Å². The molecule has 0 heterocycles. The van der Waals surface area contributed by atoms with E-state index in [0.717, 1.165) is 13.0 Å². The Morgan fingerprint density at radius 2 is 1.52 bits per heavy atom. The molecule has 0 bridgehead atoms. The molecule has 0 radical (unpaired) electrons. The van der Waals surface area contributed by atoms with E-state index in [1.54, 1.807) is 0 Å². The number of unbranched alkanes of at least 4 members (excludes halogenated alkanes) is 1. The van der Waals surface area contributed by atoms with Crippen LogP contribution in [0.25, 0.3) is 5.57 Å². The van der Waals surface area contributed by atoms with Gasteiger partial charge in [0.15, 0.2) is 0 Å². The quantitative estimate of drug-likeness (QED) is 0.558. The molecule has 0 aliphatic heterocycles. The van der Waals surface area contributed by atoms with Gasteiger partial charge in [0.05, 0.1) is 0 Å². The maximum absolute atomic E-state index is 2.43. The molecule has 0 saturated heterocycles. The van der Waals surface area contributed by atoms with Gasteiger partial charge in [0.1, 0.15) is 0 Å². The molecule has 122 valence electrons. The number of benzene rings is 2. The fourth-order valence-corrected chi connectivity index (χ4v) is 2.80. The molecule has 2 rings (SSSR count). The number of rotatable bonds is 9. The Hall–Kier alpha value is -1.86. The van der Waals surface area contributed by atoms with E-state index in [4.69, 9.17) is 0 Å². The molecule has 0 atom stereocenters. The van der Waals surface area contributed by atoms with E-state index in [2.05, 4.69) is 85.7 Å². The number of hydrogen-bond acceptors (Lipinski definition) is 1. The SMILES string of the molecule is CN(C)CCC=C(CCCCc1ccccc1)c1ccccc1. The summed E-state index contributed by atoms with van der Waals surface area (Å²) in [7, 11) is 4.27. The zero-order valence-corrected chi connectivity index (χ0v) is 14.5. The van der Waals surface area contributed by atoms with E-state index in [-0.39, 0.29) is 0 Å². The van der Waals surface area contributed by atoms with Crippen LogP contribution >= 0.6 is 0 Å². The highest BCUT2D eigenvalue weighted by atomic mass is 15.0. The van der Waals surface area contributed by atoms with Crippen molar-refractivity contribution >= 4 is 5.57 Å². The first kappa shape index (κ1) is 17.5. The van der Waals surface area contributed by atoms with Crippen molar-refractivity contribution in [3.63, 3.8) is 0 Å². The van der Waals surface area contributed by atoms with E-state index in [1.807, 2.05) is 0 Å². The smallest absolute Gasteiger partial charge is 0.00100 e. The molecule has 0 aliphatic rings. The predicted molar refractivity (Wildman–Crippen MR) is 102 cm³/mol. The second kappa shape index (κ2) is 10.0. The van der Waals surface area contributed by atoms with Crippen molar-refractivity contribution in [2.75, 3.05) is 20.6 Å². The molecule has 2 aromatic rings. The summed E-state index contributed by atoms with van der Waals surface area (Å²) in [6.07, 6.45) is 8.40. The van der Waals surface area contributed by atoms with E-state index >= 15 is 0 Å². The Labute approximate surface area is 141 Å². The normalized spacial score (nSPS) is 11.9. The van der Waals surface area contributed by atoms with Gasteiger partial charge in [0.25, 0.3) is 0 Å². The lowest BCUT2D eigenvalue weighted by Gasteiger charge is -2.11. The molecule has 0 aromatic heterocycles. The van der Waals surface area contributed by atoms with Gasteiger partial charge in [-0.05, 0) is 62.9 Å². The van der Waals surface area contributed by atoms with Gasteiger partial charge < -0.3 is 4.90 Å². The Balaban J connectivity index is 1.87. The topological polar surface area (TPSA) is 3.24 Å². The molecule has 0 fully saturated rings. The molecule has 1 nitrogen and oxygen atoms in total. The monoisotopic (exact) mass is 307 g/mol.